The lowest BCUT2D eigenvalue weighted by Gasteiger charge is -2.44. The molecule has 176 valence electrons. The van der Waals surface area contributed by atoms with E-state index in [4.69, 9.17) is 9.47 Å². The first-order valence-electron chi connectivity index (χ1n) is 12.3. The van der Waals surface area contributed by atoms with Crippen molar-refractivity contribution in [3.05, 3.63) is 42.2 Å². The number of fused-ring (bicyclic) bond motifs is 1. The molecule has 2 aromatic rings. The Kier molecular flexibility index (Phi) is 6.38. The molecule has 1 aromatic carbocycles. The van der Waals surface area contributed by atoms with Crippen LogP contribution in [0.4, 0.5) is 5.95 Å². The predicted octanol–water partition coefficient (Wildman–Crippen LogP) is 4.28. The zero-order chi connectivity index (χ0) is 22.8. The third-order valence-electron chi connectivity index (χ3n) is 7.82. The van der Waals surface area contributed by atoms with Crippen LogP contribution in [0.1, 0.15) is 51.5 Å². The summed E-state index contributed by atoms with van der Waals surface area (Å²) in [5, 5.41) is 0. The number of carbonyl (C=O) groups is 1. The average Bonchev–Trinajstić information content (AvgIpc) is 3.33. The molecule has 1 aliphatic carbocycles. The molecule has 0 N–H and O–H groups in total. The van der Waals surface area contributed by atoms with E-state index in [1.165, 1.54) is 12.8 Å². The number of ether oxygens (including phenoxy) is 2. The van der Waals surface area contributed by atoms with Gasteiger partial charge in [-0.05, 0) is 54.9 Å². The van der Waals surface area contributed by atoms with Crippen molar-refractivity contribution in [2.75, 3.05) is 24.8 Å². The van der Waals surface area contributed by atoms with Gasteiger partial charge in [0.25, 0.3) is 0 Å². The quantitative estimate of drug-likeness (QED) is 0.678. The van der Waals surface area contributed by atoms with E-state index in [1.54, 1.807) is 12.4 Å². The van der Waals surface area contributed by atoms with Gasteiger partial charge in [0.1, 0.15) is 0 Å². The van der Waals surface area contributed by atoms with E-state index in [0.717, 1.165) is 55.4 Å². The van der Waals surface area contributed by atoms with Gasteiger partial charge in [-0.2, -0.15) is 0 Å². The minimum atomic E-state index is 0.0448. The van der Waals surface area contributed by atoms with Crippen molar-refractivity contribution in [1.29, 1.82) is 0 Å². The first-order chi connectivity index (χ1) is 16.1. The van der Waals surface area contributed by atoms with Crippen LogP contribution in [0.15, 0.2) is 36.7 Å². The summed E-state index contributed by atoms with van der Waals surface area (Å²) in [6.45, 7) is 7.17. The maximum Gasteiger partial charge on any atom is 0.231 e. The van der Waals surface area contributed by atoms with Gasteiger partial charge in [0.2, 0.25) is 18.6 Å². The van der Waals surface area contributed by atoms with Gasteiger partial charge in [0.05, 0.1) is 0 Å². The number of benzene rings is 1. The molecule has 1 saturated carbocycles. The Morgan fingerprint density at radius 3 is 2.61 bits per heavy atom. The molecule has 3 heterocycles. The van der Waals surface area contributed by atoms with Crippen LogP contribution in [0.3, 0.4) is 0 Å². The average molecular weight is 451 g/mol. The molecule has 3 unspecified atom stereocenters. The van der Waals surface area contributed by atoms with Crippen LogP contribution in [-0.4, -0.2) is 46.7 Å². The lowest BCUT2D eigenvalue weighted by molar-refractivity contribution is -0.142. The topological polar surface area (TPSA) is 67.8 Å². The second-order valence-corrected chi connectivity index (χ2v) is 9.80. The monoisotopic (exact) mass is 450 g/mol. The SMILES string of the molecule is CC1CCCC(N(Cc2ccc3c(c2)OCO3)C(=O)C2CCN(c3ncccn3)CC2)C1C. The van der Waals surface area contributed by atoms with Gasteiger partial charge < -0.3 is 19.3 Å². The van der Waals surface area contributed by atoms with E-state index in [2.05, 4.69) is 39.7 Å². The fourth-order valence-corrected chi connectivity index (χ4v) is 5.60. The number of piperidine rings is 1. The van der Waals surface area contributed by atoms with Gasteiger partial charge >= 0.3 is 0 Å². The molecule has 1 aromatic heterocycles. The van der Waals surface area contributed by atoms with Crippen LogP contribution >= 0.6 is 0 Å². The molecule has 3 aliphatic rings. The fraction of sp³-hybridized carbons (Fsp3) is 0.577. The number of hydrogen-bond donors (Lipinski definition) is 0. The molecule has 5 rings (SSSR count). The van der Waals surface area contributed by atoms with Crippen LogP contribution in [0.5, 0.6) is 11.5 Å². The Bertz CT molecular complexity index is 961. The number of hydrogen-bond acceptors (Lipinski definition) is 6. The molecule has 33 heavy (non-hydrogen) atoms. The van der Waals surface area contributed by atoms with E-state index < -0.39 is 0 Å². The van der Waals surface area contributed by atoms with Gasteiger partial charge in [-0.25, -0.2) is 9.97 Å². The first kappa shape index (κ1) is 22.0. The molecule has 1 saturated heterocycles. The minimum Gasteiger partial charge on any atom is -0.454 e. The summed E-state index contributed by atoms with van der Waals surface area (Å²) in [6, 6.07) is 8.18. The molecular weight excluding hydrogens is 416 g/mol. The molecule has 2 aliphatic heterocycles. The minimum absolute atomic E-state index is 0.0448. The number of rotatable bonds is 5. The fourth-order valence-electron chi connectivity index (χ4n) is 5.60. The number of nitrogens with zero attached hydrogens (tertiary/aromatic N) is 4. The molecule has 7 nitrogen and oxygen atoms in total. The van der Waals surface area contributed by atoms with Crippen molar-refractivity contribution >= 4 is 11.9 Å². The summed E-state index contributed by atoms with van der Waals surface area (Å²) in [7, 11) is 0. The summed E-state index contributed by atoms with van der Waals surface area (Å²) >= 11 is 0. The van der Waals surface area contributed by atoms with E-state index >= 15 is 0 Å². The van der Waals surface area contributed by atoms with E-state index in [0.29, 0.717) is 24.3 Å². The Morgan fingerprint density at radius 2 is 1.82 bits per heavy atom. The van der Waals surface area contributed by atoms with Crippen molar-refractivity contribution in [1.82, 2.24) is 14.9 Å². The Morgan fingerprint density at radius 1 is 1.06 bits per heavy atom. The predicted molar refractivity (Wildman–Crippen MR) is 126 cm³/mol. The number of amides is 1. The highest BCUT2D eigenvalue weighted by atomic mass is 16.7. The molecule has 7 heteroatoms. The highest BCUT2D eigenvalue weighted by molar-refractivity contribution is 5.79. The van der Waals surface area contributed by atoms with Crippen molar-refractivity contribution < 1.29 is 14.3 Å². The smallest absolute Gasteiger partial charge is 0.231 e. The Balaban J connectivity index is 1.33. The first-order valence-corrected chi connectivity index (χ1v) is 12.3. The van der Waals surface area contributed by atoms with E-state index in [1.807, 2.05) is 18.2 Å². The summed E-state index contributed by atoms with van der Waals surface area (Å²) in [5.74, 6) is 3.79. The summed E-state index contributed by atoms with van der Waals surface area (Å²) in [5.41, 5.74) is 1.10. The number of aromatic nitrogens is 2. The van der Waals surface area contributed by atoms with Crippen molar-refractivity contribution in [2.24, 2.45) is 17.8 Å². The third kappa shape index (κ3) is 4.63. The van der Waals surface area contributed by atoms with Gasteiger partial charge in [-0.3, -0.25) is 4.79 Å². The number of anilines is 1. The standard InChI is InChI=1S/C26H34N4O3/c1-18-5-3-6-22(19(18)2)30(16-20-7-8-23-24(15-20)33-17-32-23)25(31)21-9-13-29(14-10-21)26-27-11-4-12-28-26/h4,7-8,11-12,15,18-19,21-22H,3,5-6,9-10,13-14,16-17H2,1-2H3. The van der Waals surface area contributed by atoms with Gasteiger partial charge in [-0.1, -0.05) is 32.8 Å². The zero-order valence-corrected chi connectivity index (χ0v) is 19.7. The second-order valence-electron chi connectivity index (χ2n) is 9.80. The van der Waals surface area contributed by atoms with E-state index in [9.17, 15) is 4.79 Å². The Hall–Kier alpha value is -2.83. The molecule has 0 bridgehead atoms. The van der Waals surface area contributed by atoms with Crippen molar-refractivity contribution in [3.8, 4) is 11.5 Å². The van der Waals surface area contributed by atoms with Crippen molar-refractivity contribution in [3.63, 3.8) is 0 Å². The Labute approximate surface area is 196 Å². The van der Waals surface area contributed by atoms with Gasteiger partial charge in [0, 0.05) is 44.0 Å². The van der Waals surface area contributed by atoms with Crippen LogP contribution in [0.2, 0.25) is 0 Å². The van der Waals surface area contributed by atoms with Crippen molar-refractivity contribution in [2.45, 2.75) is 58.5 Å². The molecule has 2 fully saturated rings. The lowest BCUT2D eigenvalue weighted by atomic mass is 9.76. The maximum atomic E-state index is 14.0. The molecule has 0 radical (unpaired) electrons. The highest BCUT2D eigenvalue weighted by Crippen LogP contribution is 2.37. The summed E-state index contributed by atoms with van der Waals surface area (Å²) < 4.78 is 11.1. The van der Waals surface area contributed by atoms with Crippen LogP contribution in [-0.2, 0) is 11.3 Å². The molecule has 3 atom stereocenters. The molecule has 0 spiro atoms. The lowest BCUT2D eigenvalue weighted by Crippen LogP contribution is -2.50. The van der Waals surface area contributed by atoms with Crippen LogP contribution < -0.4 is 14.4 Å². The van der Waals surface area contributed by atoms with Crippen LogP contribution in [0, 0.1) is 17.8 Å². The van der Waals surface area contributed by atoms with Gasteiger partial charge in [-0.15, -0.1) is 0 Å². The second kappa shape index (κ2) is 9.57. The largest absolute Gasteiger partial charge is 0.454 e. The zero-order valence-electron chi connectivity index (χ0n) is 19.7. The molecule has 1 amide bonds. The highest BCUT2D eigenvalue weighted by Gasteiger charge is 2.37. The summed E-state index contributed by atoms with van der Waals surface area (Å²) in [4.78, 5) is 27.1. The normalized spacial score (nSPS) is 25.2. The van der Waals surface area contributed by atoms with Gasteiger partial charge in [0.15, 0.2) is 11.5 Å². The summed E-state index contributed by atoms with van der Waals surface area (Å²) in [6.07, 6.45) is 8.75. The van der Waals surface area contributed by atoms with E-state index in [-0.39, 0.29) is 18.8 Å². The van der Waals surface area contributed by atoms with Crippen LogP contribution in [0.25, 0.3) is 0 Å². The maximum absolute atomic E-state index is 14.0. The third-order valence-corrected chi connectivity index (χ3v) is 7.82. The molecular formula is C26H34N4O3. The number of carbonyl (C=O) groups excluding carboxylic acids is 1.